The standard InChI is InChI=1S/C11H13Br2N3O/c1-16-9(17)3-2-8(14)11(16)10-7(13)4-6(12)5-15-10/h4-5,8,11H,2-3,14H2,1H3. The van der Waals surface area contributed by atoms with Crippen LogP contribution in [0.3, 0.4) is 0 Å². The van der Waals surface area contributed by atoms with Gasteiger partial charge in [0.05, 0.1) is 11.7 Å². The molecule has 1 amide bonds. The first-order chi connectivity index (χ1) is 8.00. The molecule has 17 heavy (non-hydrogen) atoms. The van der Waals surface area contributed by atoms with Crippen LogP contribution >= 0.6 is 31.9 Å². The first-order valence-electron chi connectivity index (χ1n) is 5.33. The fourth-order valence-electron chi connectivity index (χ4n) is 2.10. The zero-order chi connectivity index (χ0) is 12.6. The maximum Gasteiger partial charge on any atom is 0.222 e. The summed E-state index contributed by atoms with van der Waals surface area (Å²) in [6, 6.07) is 1.70. The van der Waals surface area contributed by atoms with Gasteiger partial charge in [-0.1, -0.05) is 0 Å². The second-order valence-electron chi connectivity index (χ2n) is 4.17. The van der Waals surface area contributed by atoms with Crippen molar-refractivity contribution in [1.29, 1.82) is 0 Å². The second kappa shape index (κ2) is 5.04. The highest BCUT2D eigenvalue weighted by Crippen LogP contribution is 2.33. The van der Waals surface area contributed by atoms with E-state index in [1.54, 1.807) is 18.1 Å². The molecule has 1 aromatic heterocycles. The van der Waals surface area contributed by atoms with Crippen molar-refractivity contribution in [2.45, 2.75) is 24.9 Å². The number of carbonyl (C=O) groups excluding carboxylic acids is 1. The molecule has 0 spiro atoms. The number of carbonyl (C=O) groups is 1. The molecule has 2 unspecified atom stereocenters. The van der Waals surface area contributed by atoms with Gasteiger partial charge in [-0.15, -0.1) is 0 Å². The lowest BCUT2D eigenvalue weighted by Crippen LogP contribution is -2.47. The van der Waals surface area contributed by atoms with Crippen molar-refractivity contribution < 1.29 is 4.79 Å². The van der Waals surface area contributed by atoms with E-state index in [-0.39, 0.29) is 18.0 Å². The molecule has 2 rings (SSSR count). The predicted octanol–water partition coefficient (Wildman–Crippen LogP) is 2.23. The summed E-state index contributed by atoms with van der Waals surface area (Å²) in [6.45, 7) is 0. The zero-order valence-corrected chi connectivity index (χ0v) is 12.5. The Hall–Kier alpha value is -0.460. The number of hydrogen-bond acceptors (Lipinski definition) is 3. The molecular weight excluding hydrogens is 350 g/mol. The minimum atomic E-state index is -0.154. The van der Waals surface area contributed by atoms with Gasteiger partial charge in [-0.3, -0.25) is 9.78 Å². The topological polar surface area (TPSA) is 59.2 Å². The molecule has 4 nitrogen and oxygen atoms in total. The number of halogens is 2. The molecular formula is C11H13Br2N3O. The molecule has 1 saturated heterocycles. The number of rotatable bonds is 1. The van der Waals surface area contributed by atoms with Gasteiger partial charge in [-0.25, -0.2) is 0 Å². The number of nitrogens with zero attached hydrogens (tertiary/aromatic N) is 2. The van der Waals surface area contributed by atoms with Gasteiger partial charge in [0.2, 0.25) is 5.91 Å². The van der Waals surface area contributed by atoms with E-state index in [9.17, 15) is 4.79 Å². The van der Waals surface area contributed by atoms with E-state index in [1.165, 1.54) is 0 Å². The van der Waals surface area contributed by atoms with Gasteiger partial charge in [-0.05, 0) is 44.3 Å². The summed E-state index contributed by atoms with van der Waals surface area (Å²) in [5.74, 6) is 0.119. The molecule has 0 saturated carbocycles. The second-order valence-corrected chi connectivity index (χ2v) is 5.94. The van der Waals surface area contributed by atoms with Crippen molar-refractivity contribution in [1.82, 2.24) is 9.88 Å². The van der Waals surface area contributed by atoms with Crippen LogP contribution in [0.4, 0.5) is 0 Å². The molecule has 0 radical (unpaired) electrons. The van der Waals surface area contributed by atoms with Gasteiger partial charge < -0.3 is 10.6 Å². The Morgan fingerprint density at radius 1 is 1.53 bits per heavy atom. The lowest BCUT2D eigenvalue weighted by atomic mass is 9.94. The molecule has 1 aromatic rings. The van der Waals surface area contributed by atoms with Crippen molar-refractivity contribution in [3.63, 3.8) is 0 Å². The SMILES string of the molecule is CN1C(=O)CCC(N)C1c1ncc(Br)cc1Br. The first kappa shape index (κ1) is 13.0. The van der Waals surface area contributed by atoms with Gasteiger partial charge in [0, 0.05) is 34.7 Å². The highest BCUT2D eigenvalue weighted by Gasteiger charge is 2.34. The summed E-state index contributed by atoms with van der Waals surface area (Å²) < 4.78 is 1.76. The van der Waals surface area contributed by atoms with Crippen LogP contribution in [0, 0.1) is 0 Å². The minimum absolute atomic E-state index is 0.0670. The number of aromatic nitrogens is 1. The zero-order valence-electron chi connectivity index (χ0n) is 9.36. The van der Waals surface area contributed by atoms with Crippen LogP contribution in [0.15, 0.2) is 21.2 Å². The molecule has 2 N–H and O–H groups in total. The number of hydrogen-bond donors (Lipinski definition) is 1. The van der Waals surface area contributed by atoms with E-state index in [4.69, 9.17) is 5.73 Å². The smallest absolute Gasteiger partial charge is 0.222 e. The summed E-state index contributed by atoms with van der Waals surface area (Å²) in [5.41, 5.74) is 6.92. The van der Waals surface area contributed by atoms with Crippen LogP contribution in [-0.2, 0) is 4.79 Å². The Balaban J connectivity index is 2.39. The van der Waals surface area contributed by atoms with Crippen LogP contribution in [0.25, 0.3) is 0 Å². The van der Waals surface area contributed by atoms with Crippen LogP contribution in [0.5, 0.6) is 0 Å². The number of nitrogens with two attached hydrogens (primary N) is 1. The van der Waals surface area contributed by atoms with Crippen molar-refractivity contribution in [3.05, 3.63) is 26.9 Å². The molecule has 2 atom stereocenters. The maximum atomic E-state index is 11.7. The van der Waals surface area contributed by atoms with Gasteiger partial charge >= 0.3 is 0 Å². The number of likely N-dealkylation sites (N-methyl/N-ethyl adjacent to an activating group) is 1. The highest BCUT2D eigenvalue weighted by molar-refractivity contribution is 9.11. The Morgan fingerprint density at radius 2 is 2.24 bits per heavy atom. The molecule has 1 aliphatic rings. The average Bonchev–Trinajstić information content (AvgIpc) is 2.27. The van der Waals surface area contributed by atoms with Gasteiger partial charge in [0.1, 0.15) is 0 Å². The summed E-state index contributed by atoms with van der Waals surface area (Å²) >= 11 is 6.83. The van der Waals surface area contributed by atoms with Crippen LogP contribution in [0.1, 0.15) is 24.6 Å². The van der Waals surface area contributed by atoms with Crippen molar-refractivity contribution in [2.75, 3.05) is 7.05 Å². The number of piperidine rings is 1. The number of likely N-dealkylation sites (tertiary alicyclic amines) is 1. The Bertz CT molecular complexity index is 452. The lowest BCUT2D eigenvalue weighted by molar-refractivity contribution is -0.135. The van der Waals surface area contributed by atoms with E-state index >= 15 is 0 Å². The quantitative estimate of drug-likeness (QED) is 0.833. The van der Waals surface area contributed by atoms with Crippen molar-refractivity contribution >= 4 is 37.8 Å². The fourth-order valence-corrected chi connectivity index (χ4v) is 3.32. The van der Waals surface area contributed by atoms with Gasteiger partial charge in [0.25, 0.3) is 0 Å². The third kappa shape index (κ3) is 2.53. The Labute approximate surface area is 117 Å². The Morgan fingerprint density at radius 3 is 2.88 bits per heavy atom. The predicted molar refractivity (Wildman–Crippen MR) is 72.4 cm³/mol. The van der Waals surface area contributed by atoms with Crippen LogP contribution in [0.2, 0.25) is 0 Å². The summed E-state index contributed by atoms with van der Waals surface area (Å²) in [5, 5.41) is 0. The minimum Gasteiger partial charge on any atom is -0.336 e. The van der Waals surface area contributed by atoms with Crippen LogP contribution < -0.4 is 5.73 Å². The third-order valence-electron chi connectivity index (χ3n) is 3.02. The maximum absolute atomic E-state index is 11.7. The highest BCUT2D eigenvalue weighted by atomic mass is 79.9. The van der Waals surface area contributed by atoms with E-state index in [2.05, 4.69) is 36.8 Å². The van der Waals surface area contributed by atoms with Gasteiger partial charge in [0.15, 0.2) is 0 Å². The van der Waals surface area contributed by atoms with Crippen molar-refractivity contribution in [3.8, 4) is 0 Å². The average molecular weight is 363 g/mol. The summed E-state index contributed by atoms with van der Waals surface area (Å²) in [6.07, 6.45) is 2.94. The number of amides is 1. The monoisotopic (exact) mass is 361 g/mol. The molecule has 92 valence electrons. The molecule has 0 aliphatic carbocycles. The summed E-state index contributed by atoms with van der Waals surface area (Å²) in [4.78, 5) is 17.8. The van der Waals surface area contributed by atoms with Gasteiger partial charge in [-0.2, -0.15) is 0 Å². The molecule has 0 bridgehead atoms. The fraction of sp³-hybridized carbons (Fsp3) is 0.455. The largest absolute Gasteiger partial charge is 0.336 e. The molecule has 1 fully saturated rings. The normalized spacial score (nSPS) is 25.2. The Kier molecular flexibility index (Phi) is 3.85. The van der Waals surface area contributed by atoms with E-state index in [1.807, 2.05) is 6.07 Å². The summed E-state index contributed by atoms with van der Waals surface area (Å²) in [7, 11) is 1.78. The third-order valence-corrected chi connectivity index (χ3v) is 4.09. The molecule has 2 heterocycles. The van der Waals surface area contributed by atoms with Crippen LogP contribution in [-0.4, -0.2) is 28.9 Å². The van der Waals surface area contributed by atoms with E-state index in [0.29, 0.717) is 12.8 Å². The first-order valence-corrected chi connectivity index (χ1v) is 6.91. The molecule has 6 heteroatoms. The molecule has 1 aliphatic heterocycles. The molecule has 0 aromatic carbocycles. The van der Waals surface area contributed by atoms with Crippen molar-refractivity contribution in [2.24, 2.45) is 5.73 Å². The van der Waals surface area contributed by atoms with E-state index in [0.717, 1.165) is 14.6 Å². The number of pyridine rings is 1. The van der Waals surface area contributed by atoms with E-state index < -0.39 is 0 Å². The lowest BCUT2D eigenvalue weighted by Gasteiger charge is -2.37.